The predicted octanol–water partition coefficient (Wildman–Crippen LogP) is 3.61. The first-order chi connectivity index (χ1) is 9.40. The van der Waals surface area contributed by atoms with E-state index in [4.69, 9.17) is 10.5 Å². The second kappa shape index (κ2) is 5.90. The normalized spacial score (nSPS) is 15.2. The van der Waals surface area contributed by atoms with Crippen LogP contribution in [0.4, 0.5) is 11.5 Å². The van der Waals surface area contributed by atoms with Crippen LogP contribution in [-0.2, 0) is 0 Å². The SMILES string of the molecule is CCCCN(c1ccc(N)c(OC(C)(C)C)n1)C1CC1. The number of hydrogen-bond donors (Lipinski definition) is 1. The van der Waals surface area contributed by atoms with E-state index in [1.165, 1.54) is 25.7 Å². The van der Waals surface area contributed by atoms with E-state index in [1.807, 2.05) is 32.9 Å². The van der Waals surface area contributed by atoms with E-state index in [0.717, 1.165) is 12.4 Å². The lowest BCUT2D eigenvalue weighted by atomic mass is 10.2. The standard InChI is InChI=1S/C16H27N3O/c1-5-6-11-19(12-7-8-12)14-10-9-13(17)15(18-14)20-16(2,3)4/h9-10,12H,5-8,11,17H2,1-4H3. The summed E-state index contributed by atoms with van der Waals surface area (Å²) in [6.07, 6.45) is 4.93. The van der Waals surface area contributed by atoms with Crippen molar-refractivity contribution in [1.82, 2.24) is 4.98 Å². The molecule has 4 heteroatoms. The number of hydrogen-bond acceptors (Lipinski definition) is 4. The van der Waals surface area contributed by atoms with E-state index in [0.29, 0.717) is 17.6 Å². The molecule has 0 aliphatic heterocycles. The molecule has 1 aliphatic carbocycles. The van der Waals surface area contributed by atoms with Gasteiger partial charge in [0.1, 0.15) is 11.4 Å². The van der Waals surface area contributed by atoms with Crippen molar-refractivity contribution in [1.29, 1.82) is 0 Å². The van der Waals surface area contributed by atoms with Gasteiger partial charge in [-0.05, 0) is 52.2 Å². The van der Waals surface area contributed by atoms with Crippen molar-refractivity contribution >= 4 is 11.5 Å². The topological polar surface area (TPSA) is 51.4 Å². The van der Waals surface area contributed by atoms with Gasteiger partial charge >= 0.3 is 0 Å². The first-order valence-corrected chi connectivity index (χ1v) is 7.63. The van der Waals surface area contributed by atoms with Crippen molar-refractivity contribution < 1.29 is 4.74 Å². The van der Waals surface area contributed by atoms with Crippen molar-refractivity contribution in [3.05, 3.63) is 12.1 Å². The molecule has 112 valence electrons. The number of nitrogens with zero attached hydrogens (tertiary/aromatic N) is 2. The van der Waals surface area contributed by atoms with Gasteiger partial charge < -0.3 is 15.4 Å². The fraction of sp³-hybridized carbons (Fsp3) is 0.688. The van der Waals surface area contributed by atoms with Gasteiger partial charge in [-0.1, -0.05) is 13.3 Å². The average molecular weight is 277 g/mol. The van der Waals surface area contributed by atoms with Crippen LogP contribution in [0.3, 0.4) is 0 Å². The highest BCUT2D eigenvalue weighted by Crippen LogP contribution is 2.33. The Morgan fingerprint density at radius 3 is 2.60 bits per heavy atom. The molecule has 1 aliphatic rings. The Morgan fingerprint density at radius 2 is 2.05 bits per heavy atom. The minimum absolute atomic E-state index is 0.284. The number of anilines is 2. The van der Waals surface area contributed by atoms with Gasteiger partial charge in [0.2, 0.25) is 5.88 Å². The van der Waals surface area contributed by atoms with Crippen LogP contribution in [0.5, 0.6) is 5.88 Å². The molecule has 0 amide bonds. The molecule has 1 heterocycles. The van der Waals surface area contributed by atoms with Crippen LogP contribution in [0.1, 0.15) is 53.4 Å². The minimum Gasteiger partial charge on any atom is -0.470 e. The Kier molecular flexibility index (Phi) is 4.41. The maximum Gasteiger partial charge on any atom is 0.239 e. The maximum absolute atomic E-state index is 5.98. The molecule has 0 unspecified atom stereocenters. The number of nitrogen functional groups attached to an aromatic ring is 1. The Morgan fingerprint density at radius 1 is 1.35 bits per heavy atom. The number of pyridine rings is 1. The molecule has 20 heavy (non-hydrogen) atoms. The zero-order valence-electron chi connectivity index (χ0n) is 13.1. The highest BCUT2D eigenvalue weighted by Gasteiger charge is 2.30. The lowest BCUT2D eigenvalue weighted by molar-refractivity contribution is 0.125. The van der Waals surface area contributed by atoms with Crippen molar-refractivity contribution in [3.63, 3.8) is 0 Å². The maximum atomic E-state index is 5.98. The number of ether oxygens (including phenoxy) is 1. The summed E-state index contributed by atoms with van der Waals surface area (Å²) in [6.45, 7) is 9.31. The summed E-state index contributed by atoms with van der Waals surface area (Å²) in [7, 11) is 0. The Bertz CT molecular complexity index is 450. The molecule has 4 nitrogen and oxygen atoms in total. The average Bonchev–Trinajstić information content (AvgIpc) is 3.16. The van der Waals surface area contributed by atoms with Gasteiger partial charge in [-0.2, -0.15) is 4.98 Å². The number of nitrogens with two attached hydrogens (primary N) is 1. The van der Waals surface area contributed by atoms with E-state index < -0.39 is 0 Å². The predicted molar refractivity (Wildman–Crippen MR) is 84.3 cm³/mol. The third-order valence-corrected chi connectivity index (χ3v) is 3.31. The smallest absolute Gasteiger partial charge is 0.239 e. The molecular formula is C16H27N3O. The molecule has 2 rings (SSSR count). The molecule has 2 N–H and O–H groups in total. The van der Waals surface area contributed by atoms with Crippen molar-refractivity contribution in [3.8, 4) is 5.88 Å². The van der Waals surface area contributed by atoms with Crippen molar-refractivity contribution in [2.45, 2.75) is 65.0 Å². The van der Waals surface area contributed by atoms with Crippen molar-refractivity contribution in [2.75, 3.05) is 17.2 Å². The van der Waals surface area contributed by atoms with Gasteiger partial charge in [0.05, 0.1) is 5.69 Å². The molecule has 0 bridgehead atoms. The van der Waals surface area contributed by atoms with Crippen LogP contribution >= 0.6 is 0 Å². The molecule has 1 aromatic rings. The second-order valence-electron chi connectivity index (χ2n) is 6.56. The zero-order chi connectivity index (χ0) is 14.8. The molecule has 1 fully saturated rings. The van der Waals surface area contributed by atoms with Gasteiger partial charge in [-0.3, -0.25) is 0 Å². The van der Waals surface area contributed by atoms with Gasteiger partial charge in [0.25, 0.3) is 0 Å². The lowest BCUT2D eigenvalue weighted by Gasteiger charge is -2.26. The summed E-state index contributed by atoms with van der Waals surface area (Å²) < 4.78 is 5.87. The monoisotopic (exact) mass is 277 g/mol. The molecule has 0 radical (unpaired) electrons. The summed E-state index contributed by atoms with van der Waals surface area (Å²) in [5, 5.41) is 0. The van der Waals surface area contributed by atoms with Crippen LogP contribution in [0.2, 0.25) is 0 Å². The van der Waals surface area contributed by atoms with Crippen LogP contribution < -0.4 is 15.4 Å². The van der Waals surface area contributed by atoms with Crippen LogP contribution in [0, 0.1) is 0 Å². The third kappa shape index (κ3) is 4.02. The Balaban J connectivity index is 2.19. The molecule has 1 aromatic heterocycles. The fourth-order valence-corrected chi connectivity index (χ4v) is 2.17. The van der Waals surface area contributed by atoms with E-state index >= 15 is 0 Å². The van der Waals surface area contributed by atoms with Crippen LogP contribution in [-0.4, -0.2) is 23.2 Å². The molecule has 0 aromatic carbocycles. The number of unbranched alkanes of at least 4 members (excludes halogenated alkanes) is 1. The lowest BCUT2D eigenvalue weighted by Crippen LogP contribution is -2.29. The van der Waals surface area contributed by atoms with Gasteiger partial charge in [0, 0.05) is 12.6 Å². The molecular weight excluding hydrogens is 250 g/mol. The molecule has 0 atom stereocenters. The minimum atomic E-state index is -0.284. The number of rotatable bonds is 6. The molecule has 0 saturated heterocycles. The van der Waals surface area contributed by atoms with E-state index in [2.05, 4.69) is 16.8 Å². The van der Waals surface area contributed by atoms with Gasteiger partial charge in [0.15, 0.2) is 0 Å². The molecule has 1 saturated carbocycles. The molecule has 0 spiro atoms. The quantitative estimate of drug-likeness (QED) is 0.863. The highest BCUT2D eigenvalue weighted by atomic mass is 16.5. The van der Waals surface area contributed by atoms with E-state index in [9.17, 15) is 0 Å². The first-order valence-electron chi connectivity index (χ1n) is 7.63. The summed E-state index contributed by atoms with van der Waals surface area (Å²) in [6, 6.07) is 4.57. The van der Waals surface area contributed by atoms with E-state index in [1.54, 1.807) is 0 Å². The van der Waals surface area contributed by atoms with Gasteiger partial charge in [-0.15, -0.1) is 0 Å². The van der Waals surface area contributed by atoms with Crippen LogP contribution in [0.15, 0.2) is 12.1 Å². The fourth-order valence-electron chi connectivity index (χ4n) is 2.17. The summed E-state index contributed by atoms with van der Waals surface area (Å²) in [4.78, 5) is 7.05. The largest absolute Gasteiger partial charge is 0.470 e. The highest BCUT2D eigenvalue weighted by molar-refractivity contribution is 5.55. The van der Waals surface area contributed by atoms with Crippen molar-refractivity contribution in [2.24, 2.45) is 0 Å². The Hall–Kier alpha value is -1.45. The third-order valence-electron chi connectivity index (χ3n) is 3.31. The van der Waals surface area contributed by atoms with Crippen LogP contribution in [0.25, 0.3) is 0 Å². The summed E-state index contributed by atoms with van der Waals surface area (Å²) >= 11 is 0. The van der Waals surface area contributed by atoms with Gasteiger partial charge in [-0.25, -0.2) is 0 Å². The van der Waals surface area contributed by atoms with E-state index in [-0.39, 0.29) is 5.60 Å². The first kappa shape index (κ1) is 14.9. The summed E-state index contributed by atoms with van der Waals surface area (Å²) in [5.74, 6) is 1.55. The summed E-state index contributed by atoms with van der Waals surface area (Å²) in [5.41, 5.74) is 6.30. The zero-order valence-corrected chi connectivity index (χ0v) is 13.1. The Labute approximate surface area is 122 Å². The second-order valence-corrected chi connectivity index (χ2v) is 6.56. The number of aromatic nitrogens is 1.